The number of nitrogens with zero attached hydrogens (tertiary/aromatic N) is 1. The van der Waals surface area contributed by atoms with Crippen LogP contribution in [0.3, 0.4) is 0 Å². The maximum absolute atomic E-state index is 14.1. The summed E-state index contributed by atoms with van der Waals surface area (Å²) in [7, 11) is 0. The number of aliphatic hydroxyl groups is 2. The van der Waals surface area contributed by atoms with E-state index in [-0.39, 0.29) is 25.2 Å². The molecule has 7 amide bonds. The van der Waals surface area contributed by atoms with Crippen molar-refractivity contribution in [2.45, 2.75) is 199 Å². The van der Waals surface area contributed by atoms with Gasteiger partial charge in [0.15, 0.2) is 5.96 Å². The first-order valence-electron chi connectivity index (χ1n) is 22.8. The van der Waals surface area contributed by atoms with E-state index in [2.05, 4.69) is 36.9 Å². The third kappa shape index (κ3) is 22.0. The van der Waals surface area contributed by atoms with Crippen LogP contribution >= 0.6 is 0 Å². The molecule has 0 radical (unpaired) electrons. The highest BCUT2D eigenvalue weighted by molar-refractivity contribution is 5.97. The average Bonchev–Trinajstić information content (AvgIpc) is 3.21. The van der Waals surface area contributed by atoms with Gasteiger partial charge in [-0.2, -0.15) is 0 Å². The Morgan fingerprint density at radius 1 is 0.703 bits per heavy atom. The van der Waals surface area contributed by atoms with E-state index in [9.17, 15) is 48.6 Å². The predicted molar refractivity (Wildman–Crippen MR) is 239 cm³/mol. The Hall–Kier alpha value is -5.05. The van der Waals surface area contributed by atoms with Crippen LogP contribution < -0.4 is 49.1 Å². The van der Waals surface area contributed by atoms with Crippen molar-refractivity contribution in [3.8, 4) is 0 Å². The van der Waals surface area contributed by atoms with Crippen molar-refractivity contribution in [1.82, 2.24) is 31.9 Å². The number of cyclic esters (lactones) is 1. The standard InChI is InChI=1S/C43H78N10O11/c1-8-25(4)34-39(60)51-33(24(2)3)38(59)53-35(27(6)54)40(61)49-30(20-21-31(44)56)37(58)48-26(5)42(63)64-28(7)36(41(62)52-34)50-32(57)23-29(55)19-17-15-13-11-9-10-12-14-16-18-22-47-43(45)46/h24-30,33-36,54-55H,8-23H2,1-7H3,(H2,44,56)(H,48,58)(H,49,61)(H,50,57)(H,51,60)(H,52,62)(H,53,59)(H4,45,46,47)/t25-,26+,27+,28+,29+,30+,33-,34+,35+,36-/m0/s1. The molecule has 0 saturated carbocycles. The second-order valence-electron chi connectivity index (χ2n) is 17.3. The molecule has 366 valence electrons. The topological polar surface area (TPSA) is 349 Å². The van der Waals surface area contributed by atoms with Gasteiger partial charge in [-0.3, -0.25) is 38.6 Å². The van der Waals surface area contributed by atoms with Crippen LogP contribution in [0.25, 0.3) is 0 Å². The first kappa shape index (κ1) is 57.0. The molecule has 0 unspecified atom stereocenters. The molecule has 21 nitrogen and oxygen atoms in total. The van der Waals surface area contributed by atoms with Crippen molar-refractivity contribution in [3.05, 3.63) is 0 Å². The molecule has 0 aromatic carbocycles. The molecule has 0 aromatic heterocycles. The molecular weight excluding hydrogens is 833 g/mol. The summed E-state index contributed by atoms with van der Waals surface area (Å²) in [6.45, 7) is 11.2. The van der Waals surface area contributed by atoms with Crippen LogP contribution in [-0.4, -0.2) is 125 Å². The Bertz CT molecular complexity index is 1560. The molecule has 14 N–H and O–H groups in total. The van der Waals surface area contributed by atoms with E-state index >= 15 is 0 Å². The number of aliphatic imine (C=N–C) groups is 1. The molecule has 64 heavy (non-hydrogen) atoms. The van der Waals surface area contributed by atoms with Gasteiger partial charge in [-0.15, -0.1) is 0 Å². The number of primary amides is 1. The lowest BCUT2D eigenvalue weighted by Gasteiger charge is -2.31. The number of nitrogens with one attached hydrogen (secondary N) is 6. The smallest absolute Gasteiger partial charge is 0.328 e. The summed E-state index contributed by atoms with van der Waals surface area (Å²) < 4.78 is 5.58. The number of unbranched alkanes of at least 4 members (excludes halogenated alkanes) is 9. The Morgan fingerprint density at radius 3 is 1.75 bits per heavy atom. The monoisotopic (exact) mass is 911 g/mol. The summed E-state index contributed by atoms with van der Waals surface area (Å²) in [5.41, 5.74) is 16.0. The SMILES string of the molecule is CC[C@H](C)[C@H]1NC(=O)[C@@H](NC(=O)C[C@H](O)CCCCCCCCCCCCN=C(N)N)[C@@H](C)OC(=O)[C@@H](C)NC(=O)[C@@H](CCC(N)=O)NC(=O)[C@@H]([C@@H](C)O)NC(=O)[C@H](C(C)C)NC1=O. The number of carbonyl (C=O) groups excluding carboxylic acids is 8. The van der Waals surface area contributed by atoms with E-state index in [0.29, 0.717) is 25.8 Å². The fraction of sp³-hybridized carbons (Fsp3) is 0.791. The van der Waals surface area contributed by atoms with Crippen LogP contribution in [0.2, 0.25) is 0 Å². The van der Waals surface area contributed by atoms with E-state index in [0.717, 1.165) is 57.8 Å². The maximum Gasteiger partial charge on any atom is 0.328 e. The number of nitrogens with two attached hydrogens (primary N) is 3. The Kier molecular flexibility index (Phi) is 26.8. The zero-order valence-electron chi connectivity index (χ0n) is 38.9. The van der Waals surface area contributed by atoms with E-state index in [1.807, 2.05) is 0 Å². The normalized spacial score (nSPS) is 24.5. The van der Waals surface area contributed by atoms with Gasteiger partial charge in [0.2, 0.25) is 41.4 Å². The van der Waals surface area contributed by atoms with Gasteiger partial charge >= 0.3 is 5.97 Å². The third-order valence-electron chi connectivity index (χ3n) is 11.2. The van der Waals surface area contributed by atoms with Gasteiger partial charge < -0.3 is 64.1 Å². The molecule has 10 atom stereocenters. The van der Waals surface area contributed by atoms with Crippen LogP contribution in [-0.2, 0) is 43.1 Å². The summed E-state index contributed by atoms with van der Waals surface area (Å²) in [6.07, 6.45) is 5.81. The molecule has 0 aromatic rings. The molecular formula is C43H78N10O11. The molecule has 0 bridgehead atoms. The van der Waals surface area contributed by atoms with Crippen molar-refractivity contribution in [2.24, 2.45) is 34.0 Å². The van der Waals surface area contributed by atoms with E-state index in [1.54, 1.807) is 27.7 Å². The quantitative estimate of drug-likeness (QED) is 0.0268. The number of ether oxygens (including phenoxy) is 1. The van der Waals surface area contributed by atoms with Crippen LogP contribution in [0.4, 0.5) is 0 Å². The van der Waals surface area contributed by atoms with Gasteiger partial charge in [0.1, 0.15) is 42.4 Å². The minimum atomic E-state index is -1.64. The van der Waals surface area contributed by atoms with E-state index in [4.69, 9.17) is 21.9 Å². The van der Waals surface area contributed by atoms with Gasteiger partial charge in [-0.25, -0.2) is 4.79 Å². The number of amides is 7. The minimum Gasteiger partial charge on any atom is -0.458 e. The number of guanidine groups is 1. The fourth-order valence-corrected chi connectivity index (χ4v) is 6.97. The fourth-order valence-electron chi connectivity index (χ4n) is 6.97. The van der Waals surface area contributed by atoms with Crippen molar-refractivity contribution < 1.29 is 53.3 Å². The average molecular weight is 911 g/mol. The van der Waals surface area contributed by atoms with E-state index < -0.39 is 114 Å². The number of hydrogen-bond donors (Lipinski definition) is 11. The Labute approximate surface area is 377 Å². The number of carbonyl (C=O) groups is 8. The molecule has 1 heterocycles. The lowest BCUT2D eigenvalue weighted by Crippen LogP contribution is -2.63. The number of aliphatic hydroxyl groups excluding tert-OH is 2. The van der Waals surface area contributed by atoms with E-state index in [1.165, 1.54) is 20.8 Å². The van der Waals surface area contributed by atoms with Crippen LogP contribution in [0, 0.1) is 11.8 Å². The first-order valence-corrected chi connectivity index (χ1v) is 22.8. The number of esters is 1. The molecule has 1 aliphatic heterocycles. The summed E-state index contributed by atoms with van der Waals surface area (Å²) in [5.74, 6) is -8.06. The summed E-state index contributed by atoms with van der Waals surface area (Å²) >= 11 is 0. The number of hydrogen-bond acceptors (Lipinski definition) is 12. The highest BCUT2D eigenvalue weighted by atomic mass is 16.5. The second-order valence-corrected chi connectivity index (χ2v) is 17.3. The van der Waals surface area contributed by atoms with Crippen LogP contribution in [0.1, 0.15) is 145 Å². The maximum atomic E-state index is 14.1. The lowest BCUT2D eigenvalue weighted by atomic mass is 9.95. The Balaban J connectivity index is 3.26. The predicted octanol–water partition coefficient (Wildman–Crippen LogP) is -0.476. The molecule has 0 aliphatic carbocycles. The molecule has 1 saturated heterocycles. The highest BCUT2D eigenvalue weighted by Crippen LogP contribution is 2.16. The third-order valence-corrected chi connectivity index (χ3v) is 11.2. The van der Waals surface area contributed by atoms with Crippen LogP contribution in [0.5, 0.6) is 0 Å². The van der Waals surface area contributed by atoms with Gasteiger partial charge in [0.25, 0.3) is 0 Å². The lowest BCUT2D eigenvalue weighted by molar-refractivity contribution is -0.155. The van der Waals surface area contributed by atoms with Crippen molar-refractivity contribution in [1.29, 1.82) is 0 Å². The van der Waals surface area contributed by atoms with Crippen molar-refractivity contribution in [2.75, 3.05) is 6.54 Å². The minimum absolute atomic E-state index is 0.113. The zero-order chi connectivity index (χ0) is 48.5. The molecule has 1 fully saturated rings. The van der Waals surface area contributed by atoms with Gasteiger partial charge in [-0.05, 0) is 51.9 Å². The largest absolute Gasteiger partial charge is 0.458 e. The summed E-state index contributed by atoms with van der Waals surface area (Å²) in [6, 6.07) is -8.68. The molecule has 1 aliphatic rings. The highest BCUT2D eigenvalue weighted by Gasteiger charge is 2.39. The second kappa shape index (κ2) is 30.2. The van der Waals surface area contributed by atoms with Crippen molar-refractivity contribution in [3.63, 3.8) is 0 Å². The summed E-state index contributed by atoms with van der Waals surface area (Å²) in [4.78, 5) is 111. The van der Waals surface area contributed by atoms with Gasteiger partial charge in [0, 0.05) is 13.0 Å². The van der Waals surface area contributed by atoms with Gasteiger partial charge in [-0.1, -0.05) is 91.9 Å². The number of rotatable bonds is 23. The summed E-state index contributed by atoms with van der Waals surface area (Å²) in [5, 5.41) is 36.4. The molecule has 21 heteroatoms. The molecule has 1 rings (SSSR count). The first-order chi connectivity index (χ1) is 30.1. The van der Waals surface area contributed by atoms with Crippen LogP contribution in [0.15, 0.2) is 4.99 Å². The Morgan fingerprint density at radius 2 is 1.22 bits per heavy atom. The zero-order valence-corrected chi connectivity index (χ0v) is 38.9. The molecule has 0 spiro atoms. The van der Waals surface area contributed by atoms with Crippen molar-refractivity contribution >= 4 is 53.3 Å². The van der Waals surface area contributed by atoms with Gasteiger partial charge in [0.05, 0.1) is 18.6 Å².